The molecule has 0 radical (unpaired) electrons. The molecule has 0 saturated heterocycles. The first-order valence-electron chi connectivity index (χ1n) is 9.18. The fourth-order valence-corrected chi connectivity index (χ4v) is 3.34. The Bertz CT molecular complexity index is 1040. The molecule has 0 saturated carbocycles. The standard InChI is InChI=1S/C24H19ClN2O/c25-21-13-10-18(11-14-21)12-15-23(28)24(20-7-2-1-3-8-20)26-27-17-16-19-6-4-5-9-22(19)27/h1-15H,16-17H2/b15-12+,26-24+. The van der Waals surface area contributed by atoms with Crippen LogP contribution in [-0.4, -0.2) is 18.0 Å². The molecule has 1 aliphatic heterocycles. The lowest BCUT2D eigenvalue weighted by Gasteiger charge is -2.15. The summed E-state index contributed by atoms with van der Waals surface area (Å²) in [5, 5.41) is 7.33. The molecular weight excluding hydrogens is 368 g/mol. The van der Waals surface area contributed by atoms with Crippen molar-refractivity contribution in [2.45, 2.75) is 6.42 Å². The largest absolute Gasteiger partial charge is 0.287 e. The molecule has 0 atom stereocenters. The average Bonchev–Trinajstić information content (AvgIpc) is 3.15. The van der Waals surface area contributed by atoms with E-state index in [1.165, 1.54) is 5.56 Å². The van der Waals surface area contributed by atoms with E-state index in [-0.39, 0.29) is 5.78 Å². The van der Waals surface area contributed by atoms with Crippen LogP contribution in [0.2, 0.25) is 5.02 Å². The molecule has 0 fully saturated rings. The van der Waals surface area contributed by atoms with Crippen molar-refractivity contribution >= 4 is 34.9 Å². The van der Waals surface area contributed by atoms with Crippen LogP contribution in [0.3, 0.4) is 0 Å². The minimum atomic E-state index is -0.134. The molecule has 3 aromatic rings. The van der Waals surface area contributed by atoms with Gasteiger partial charge in [-0.15, -0.1) is 0 Å². The van der Waals surface area contributed by atoms with Gasteiger partial charge in [0.2, 0.25) is 5.78 Å². The SMILES string of the molecule is O=C(/C=C/c1ccc(Cl)cc1)/C(=N/N1CCc2ccccc21)c1ccccc1. The van der Waals surface area contributed by atoms with Gasteiger partial charge in [-0.3, -0.25) is 9.80 Å². The maximum absolute atomic E-state index is 13.0. The van der Waals surface area contributed by atoms with Gasteiger partial charge in [0.15, 0.2) is 0 Å². The quantitative estimate of drug-likeness (QED) is 0.435. The number of para-hydroxylation sites is 1. The molecule has 0 bridgehead atoms. The second-order valence-electron chi connectivity index (χ2n) is 6.57. The lowest BCUT2D eigenvalue weighted by molar-refractivity contribution is -0.108. The second-order valence-corrected chi connectivity index (χ2v) is 7.00. The van der Waals surface area contributed by atoms with Gasteiger partial charge < -0.3 is 0 Å². The minimum Gasteiger partial charge on any atom is -0.287 e. The summed E-state index contributed by atoms with van der Waals surface area (Å²) in [5.74, 6) is -0.134. The van der Waals surface area contributed by atoms with Gasteiger partial charge in [0.25, 0.3) is 0 Å². The van der Waals surface area contributed by atoms with Gasteiger partial charge in [-0.2, -0.15) is 5.10 Å². The van der Waals surface area contributed by atoms with Gasteiger partial charge in [0, 0.05) is 17.1 Å². The molecule has 0 spiro atoms. The third-order valence-corrected chi connectivity index (χ3v) is 4.91. The molecular formula is C24H19ClN2O. The van der Waals surface area contributed by atoms with Crippen LogP contribution in [0.5, 0.6) is 0 Å². The minimum absolute atomic E-state index is 0.134. The van der Waals surface area contributed by atoms with E-state index >= 15 is 0 Å². The summed E-state index contributed by atoms with van der Waals surface area (Å²) in [5.41, 5.74) is 4.46. The zero-order valence-corrected chi connectivity index (χ0v) is 16.0. The lowest BCUT2D eigenvalue weighted by Crippen LogP contribution is -2.21. The number of allylic oxidation sites excluding steroid dienone is 1. The van der Waals surface area contributed by atoms with Crippen molar-refractivity contribution in [2.75, 3.05) is 11.6 Å². The Morgan fingerprint density at radius 1 is 0.929 bits per heavy atom. The Morgan fingerprint density at radius 3 is 2.43 bits per heavy atom. The number of benzene rings is 3. The van der Waals surface area contributed by atoms with Crippen LogP contribution in [0.25, 0.3) is 6.08 Å². The van der Waals surface area contributed by atoms with Gasteiger partial charge in [-0.1, -0.05) is 78.3 Å². The second kappa shape index (κ2) is 8.24. The number of nitrogens with zero attached hydrogens (tertiary/aromatic N) is 2. The van der Waals surface area contributed by atoms with Gasteiger partial charge in [-0.25, -0.2) is 0 Å². The van der Waals surface area contributed by atoms with E-state index in [1.807, 2.05) is 65.7 Å². The van der Waals surface area contributed by atoms with Crippen LogP contribution in [0.1, 0.15) is 16.7 Å². The Kier molecular flexibility index (Phi) is 5.36. The van der Waals surface area contributed by atoms with Crippen LogP contribution in [-0.2, 0) is 11.2 Å². The normalized spacial score (nSPS) is 13.8. The third-order valence-electron chi connectivity index (χ3n) is 4.66. The van der Waals surface area contributed by atoms with Crippen LogP contribution >= 0.6 is 11.6 Å². The number of carbonyl (C=O) groups is 1. The molecule has 0 aliphatic carbocycles. The Labute approximate surface area is 169 Å². The van der Waals surface area contributed by atoms with Gasteiger partial charge in [-0.05, 0) is 41.8 Å². The summed E-state index contributed by atoms with van der Waals surface area (Å²) >= 11 is 5.93. The Morgan fingerprint density at radius 2 is 1.64 bits per heavy atom. The number of hydrazone groups is 1. The van der Waals surface area contributed by atoms with Crippen molar-refractivity contribution in [2.24, 2.45) is 5.10 Å². The van der Waals surface area contributed by atoms with E-state index in [4.69, 9.17) is 16.7 Å². The summed E-state index contributed by atoms with van der Waals surface area (Å²) in [6, 6.07) is 25.1. The van der Waals surface area contributed by atoms with Crippen molar-refractivity contribution < 1.29 is 4.79 Å². The molecule has 1 heterocycles. The number of halogens is 1. The first-order chi connectivity index (χ1) is 13.7. The van der Waals surface area contributed by atoms with E-state index in [0.717, 1.165) is 29.8 Å². The molecule has 0 N–H and O–H groups in total. The topological polar surface area (TPSA) is 32.7 Å². The zero-order valence-electron chi connectivity index (χ0n) is 15.3. The van der Waals surface area contributed by atoms with E-state index in [9.17, 15) is 4.79 Å². The molecule has 3 nitrogen and oxygen atoms in total. The maximum Gasteiger partial charge on any atom is 0.206 e. The van der Waals surface area contributed by atoms with Gasteiger partial charge in [0.1, 0.15) is 5.71 Å². The van der Waals surface area contributed by atoms with Crippen molar-refractivity contribution in [3.05, 3.63) is 107 Å². The number of carbonyl (C=O) groups excluding carboxylic acids is 1. The first-order valence-corrected chi connectivity index (χ1v) is 9.56. The molecule has 3 aromatic carbocycles. The molecule has 0 aromatic heterocycles. The van der Waals surface area contributed by atoms with E-state index in [1.54, 1.807) is 24.3 Å². The van der Waals surface area contributed by atoms with Crippen LogP contribution in [0, 0.1) is 0 Å². The van der Waals surface area contributed by atoms with Crippen LogP contribution in [0.15, 0.2) is 90.0 Å². The Hall–Kier alpha value is -3.17. The third kappa shape index (κ3) is 4.05. The number of rotatable bonds is 5. The van der Waals surface area contributed by atoms with Gasteiger partial charge in [0.05, 0.1) is 5.69 Å². The average molecular weight is 387 g/mol. The first kappa shape index (κ1) is 18.2. The highest BCUT2D eigenvalue weighted by atomic mass is 35.5. The lowest BCUT2D eigenvalue weighted by atomic mass is 10.1. The number of ketones is 1. The highest BCUT2D eigenvalue weighted by molar-refractivity contribution is 6.50. The highest BCUT2D eigenvalue weighted by Crippen LogP contribution is 2.28. The van der Waals surface area contributed by atoms with E-state index in [2.05, 4.69) is 6.07 Å². The number of hydrogen-bond donors (Lipinski definition) is 0. The van der Waals surface area contributed by atoms with Crippen molar-refractivity contribution in [3.8, 4) is 0 Å². The van der Waals surface area contributed by atoms with Gasteiger partial charge >= 0.3 is 0 Å². The molecule has 28 heavy (non-hydrogen) atoms. The summed E-state index contributed by atoms with van der Waals surface area (Å²) in [7, 11) is 0. The van der Waals surface area contributed by atoms with Crippen LogP contribution < -0.4 is 5.01 Å². The van der Waals surface area contributed by atoms with Crippen molar-refractivity contribution in [1.29, 1.82) is 0 Å². The molecule has 1 aliphatic rings. The molecule has 138 valence electrons. The Balaban J connectivity index is 1.66. The smallest absolute Gasteiger partial charge is 0.206 e. The summed E-state index contributed by atoms with van der Waals surface area (Å²) in [4.78, 5) is 13.0. The van der Waals surface area contributed by atoms with Crippen LogP contribution in [0.4, 0.5) is 5.69 Å². The summed E-state index contributed by atoms with van der Waals surface area (Å²) in [6.45, 7) is 0.768. The molecule has 4 heteroatoms. The van der Waals surface area contributed by atoms with Crippen molar-refractivity contribution in [3.63, 3.8) is 0 Å². The predicted molar refractivity (Wildman–Crippen MR) is 116 cm³/mol. The van der Waals surface area contributed by atoms with E-state index < -0.39 is 0 Å². The highest BCUT2D eigenvalue weighted by Gasteiger charge is 2.20. The number of hydrogen-bond acceptors (Lipinski definition) is 3. The molecule has 0 amide bonds. The zero-order chi connectivity index (χ0) is 19.3. The molecule has 0 unspecified atom stereocenters. The fourth-order valence-electron chi connectivity index (χ4n) is 3.22. The predicted octanol–water partition coefficient (Wildman–Crippen LogP) is 5.39. The monoisotopic (exact) mass is 386 g/mol. The molecule has 4 rings (SSSR count). The summed E-state index contributed by atoms with van der Waals surface area (Å²) < 4.78 is 0. The number of anilines is 1. The number of fused-ring (bicyclic) bond motifs is 1. The maximum atomic E-state index is 13.0. The fraction of sp³-hybridized carbons (Fsp3) is 0.0833. The summed E-state index contributed by atoms with van der Waals surface area (Å²) in [6.07, 6.45) is 4.28. The van der Waals surface area contributed by atoms with E-state index in [0.29, 0.717) is 10.7 Å². The van der Waals surface area contributed by atoms with Crippen molar-refractivity contribution in [1.82, 2.24) is 0 Å².